The van der Waals surface area contributed by atoms with E-state index in [1.807, 2.05) is 6.92 Å². The van der Waals surface area contributed by atoms with Crippen molar-refractivity contribution in [1.82, 2.24) is 15.5 Å². The molecule has 17 heavy (non-hydrogen) atoms. The van der Waals surface area contributed by atoms with Crippen LogP contribution < -0.4 is 10.6 Å². The van der Waals surface area contributed by atoms with E-state index in [-0.39, 0.29) is 6.04 Å². The second-order valence-corrected chi connectivity index (χ2v) is 5.44. The van der Waals surface area contributed by atoms with Crippen molar-refractivity contribution in [3.8, 4) is 0 Å². The molecular weight excluding hydrogens is 240 g/mol. The van der Waals surface area contributed by atoms with E-state index in [2.05, 4.69) is 27.8 Å². The Balaban J connectivity index is 2.37. The first-order valence-corrected chi connectivity index (χ1v) is 7.44. The fourth-order valence-corrected chi connectivity index (χ4v) is 2.15. The maximum Gasteiger partial charge on any atom is 0.315 e. The van der Waals surface area contributed by atoms with Gasteiger partial charge in [0.1, 0.15) is 0 Å². The van der Waals surface area contributed by atoms with Gasteiger partial charge < -0.3 is 15.1 Å². The molecule has 98 valence electrons. The van der Waals surface area contributed by atoms with Crippen LogP contribution in [-0.4, -0.2) is 39.0 Å². The second-order valence-electron chi connectivity index (χ2n) is 3.96. The Labute approximate surface area is 104 Å². The molecule has 0 aromatic carbocycles. The third-order valence-corrected chi connectivity index (χ3v) is 2.99. The third kappa shape index (κ3) is 5.78. The first-order valence-electron chi connectivity index (χ1n) is 5.71. The van der Waals surface area contributed by atoms with Gasteiger partial charge in [0, 0.05) is 28.9 Å². The molecule has 0 aliphatic heterocycles. The highest BCUT2D eigenvalue weighted by molar-refractivity contribution is 7.84. The van der Waals surface area contributed by atoms with Crippen LogP contribution >= 0.6 is 0 Å². The van der Waals surface area contributed by atoms with Crippen molar-refractivity contribution in [2.45, 2.75) is 32.9 Å². The van der Waals surface area contributed by atoms with Gasteiger partial charge >= 0.3 is 6.01 Å². The minimum Gasteiger partial charge on any atom is -0.407 e. The van der Waals surface area contributed by atoms with Gasteiger partial charge in [-0.25, -0.2) is 0 Å². The van der Waals surface area contributed by atoms with Crippen LogP contribution in [0, 0.1) is 0 Å². The molecule has 0 spiro atoms. The molecule has 2 atom stereocenters. The van der Waals surface area contributed by atoms with Gasteiger partial charge in [0.05, 0.1) is 6.54 Å². The quantitative estimate of drug-likeness (QED) is 0.671. The number of anilines is 1. The van der Waals surface area contributed by atoms with Crippen LogP contribution in [0.3, 0.4) is 0 Å². The smallest absolute Gasteiger partial charge is 0.315 e. The fourth-order valence-electron chi connectivity index (χ4n) is 1.36. The van der Waals surface area contributed by atoms with E-state index in [0.717, 1.165) is 13.0 Å². The summed E-state index contributed by atoms with van der Waals surface area (Å²) in [5, 5.41) is 14.0. The third-order valence-electron chi connectivity index (χ3n) is 2.02. The van der Waals surface area contributed by atoms with Crippen LogP contribution in [0.1, 0.15) is 26.2 Å². The van der Waals surface area contributed by atoms with E-state index in [1.165, 1.54) is 0 Å². The summed E-state index contributed by atoms with van der Waals surface area (Å²) in [7, 11) is -0.833. The second kappa shape index (κ2) is 7.39. The van der Waals surface area contributed by atoms with Crippen LogP contribution in [0.5, 0.6) is 0 Å². The van der Waals surface area contributed by atoms with E-state index in [9.17, 15) is 4.21 Å². The Bertz CT molecular complexity index is 356. The van der Waals surface area contributed by atoms with E-state index in [1.54, 1.807) is 6.26 Å². The van der Waals surface area contributed by atoms with Crippen molar-refractivity contribution in [2.75, 3.05) is 23.9 Å². The molecule has 0 aliphatic carbocycles. The molecule has 1 heterocycles. The highest BCUT2D eigenvalue weighted by atomic mass is 32.2. The number of hydrogen-bond acceptors (Lipinski definition) is 6. The van der Waals surface area contributed by atoms with Crippen LogP contribution in [0.25, 0.3) is 0 Å². The Morgan fingerprint density at radius 1 is 1.47 bits per heavy atom. The molecule has 2 N–H and O–H groups in total. The largest absolute Gasteiger partial charge is 0.407 e. The summed E-state index contributed by atoms with van der Waals surface area (Å²) in [5.74, 6) is 1.12. The SMILES string of the molecule is CCCNCc1nnc(NC(C)CS(C)=O)o1. The summed E-state index contributed by atoms with van der Waals surface area (Å²) in [6.45, 7) is 5.54. The Morgan fingerprint density at radius 2 is 2.24 bits per heavy atom. The molecule has 0 bridgehead atoms. The molecule has 0 saturated heterocycles. The number of hydrogen-bond donors (Lipinski definition) is 2. The predicted octanol–water partition coefficient (Wildman–Crippen LogP) is 0.748. The number of nitrogens with zero attached hydrogens (tertiary/aromatic N) is 2. The van der Waals surface area contributed by atoms with Crippen molar-refractivity contribution >= 4 is 16.8 Å². The summed E-state index contributed by atoms with van der Waals surface area (Å²) >= 11 is 0. The van der Waals surface area contributed by atoms with Gasteiger partial charge in [-0.05, 0) is 19.9 Å². The molecule has 0 fully saturated rings. The van der Waals surface area contributed by atoms with Crippen LogP contribution in [0.15, 0.2) is 4.42 Å². The van der Waals surface area contributed by atoms with Crippen LogP contribution in [0.2, 0.25) is 0 Å². The predicted molar refractivity (Wildman–Crippen MR) is 68.3 cm³/mol. The molecule has 1 aromatic rings. The topological polar surface area (TPSA) is 80.0 Å². The van der Waals surface area contributed by atoms with E-state index >= 15 is 0 Å². The highest BCUT2D eigenvalue weighted by Crippen LogP contribution is 2.07. The number of aromatic nitrogens is 2. The maximum atomic E-state index is 11.0. The standard InChI is InChI=1S/C10H20N4O2S/c1-4-5-11-6-9-13-14-10(16-9)12-8(2)7-17(3)15/h8,11H,4-7H2,1-3H3,(H,12,14). The molecule has 1 rings (SSSR count). The zero-order valence-corrected chi connectivity index (χ0v) is 11.3. The lowest BCUT2D eigenvalue weighted by Crippen LogP contribution is -2.22. The van der Waals surface area contributed by atoms with E-state index < -0.39 is 10.8 Å². The molecule has 7 heteroatoms. The van der Waals surface area contributed by atoms with Gasteiger partial charge in [-0.3, -0.25) is 4.21 Å². The first kappa shape index (κ1) is 14.1. The van der Waals surface area contributed by atoms with E-state index in [0.29, 0.717) is 24.2 Å². The first-order chi connectivity index (χ1) is 8.11. The highest BCUT2D eigenvalue weighted by Gasteiger charge is 2.09. The number of nitrogens with one attached hydrogen (secondary N) is 2. The molecule has 6 nitrogen and oxygen atoms in total. The molecule has 0 amide bonds. The zero-order chi connectivity index (χ0) is 12.7. The fraction of sp³-hybridized carbons (Fsp3) is 0.800. The van der Waals surface area contributed by atoms with Gasteiger partial charge in [0.25, 0.3) is 0 Å². The van der Waals surface area contributed by atoms with Gasteiger partial charge in [-0.2, -0.15) is 0 Å². The van der Waals surface area contributed by atoms with Gasteiger partial charge in [-0.15, -0.1) is 5.10 Å². The summed E-state index contributed by atoms with van der Waals surface area (Å²) in [5.41, 5.74) is 0. The summed E-state index contributed by atoms with van der Waals surface area (Å²) < 4.78 is 16.4. The normalized spacial score (nSPS) is 14.5. The summed E-state index contributed by atoms with van der Waals surface area (Å²) in [6, 6.07) is 0.439. The molecule has 0 saturated carbocycles. The summed E-state index contributed by atoms with van der Waals surface area (Å²) in [4.78, 5) is 0. The maximum absolute atomic E-state index is 11.0. The van der Waals surface area contributed by atoms with Gasteiger partial charge in [0.15, 0.2) is 0 Å². The molecule has 1 aromatic heterocycles. The lowest BCUT2D eigenvalue weighted by atomic mass is 10.4. The zero-order valence-electron chi connectivity index (χ0n) is 10.5. The lowest BCUT2D eigenvalue weighted by molar-refractivity contribution is 0.475. The Hall–Kier alpha value is -0.950. The van der Waals surface area contributed by atoms with Crippen molar-refractivity contribution < 1.29 is 8.63 Å². The monoisotopic (exact) mass is 260 g/mol. The average molecular weight is 260 g/mol. The Morgan fingerprint density at radius 3 is 2.88 bits per heavy atom. The van der Waals surface area contributed by atoms with Crippen molar-refractivity contribution in [3.05, 3.63) is 5.89 Å². The van der Waals surface area contributed by atoms with E-state index in [4.69, 9.17) is 4.42 Å². The van der Waals surface area contributed by atoms with Crippen molar-refractivity contribution in [2.24, 2.45) is 0 Å². The van der Waals surface area contributed by atoms with Gasteiger partial charge in [0.2, 0.25) is 5.89 Å². The molecule has 0 aliphatic rings. The molecule has 2 unspecified atom stereocenters. The number of rotatable bonds is 8. The lowest BCUT2D eigenvalue weighted by Gasteiger charge is -2.08. The van der Waals surface area contributed by atoms with Gasteiger partial charge in [-0.1, -0.05) is 12.0 Å². The average Bonchev–Trinajstić information content (AvgIpc) is 2.64. The van der Waals surface area contributed by atoms with Crippen molar-refractivity contribution in [1.29, 1.82) is 0 Å². The van der Waals surface area contributed by atoms with Crippen molar-refractivity contribution in [3.63, 3.8) is 0 Å². The minimum absolute atomic E-state index is 0.0535. The molecular formula is C10H20N4O2S. The van der Waals surface area contributed by atoms with Crippen LogP contribution in [-0.2, 0) is 17.3 Å². The minimum atomic E-state index is -0.833. The Kier molecular flexibility index (Phi) is 6.13. The van der Waals surface area contributed by atoms with Crippen LogP contribution in [0.4, 0.5) is 6.01 Å². The summed E-state index contributed by atoms with van der Waals surface area (Å²) in [6.07, 6.45) is 2.74. The molecule has 0 radical (unpaired) electrons.